The van der Waals surface area contributed by atoms with Crippen molar-refractivity contribution in [2.75, 3.05) is 7.11 Å². The van der Waals surface area contributed by atoms with Crippen LogP contribution in [0.1, 0.15) is 29.4 Å². The van der Waals surface area contributed by atoms with Gasteiger partial charge in [-0.2, -0.15) is 0 Å². The molecule has 134 valence electrons. The lowest BCUT2D eigenvalue weighted by Gasteiger charge is -2.16. The van der Waals surface area contributed by atoms with E-state index in [1.54, 1.807) is 24.3 Å². The molecule has 0 aliphatic carbocycles. The predicted octanol–water partition coefficient (Wildman–Crippen LogP) is 2.46. The molecule has 0 spiro atoms. The van der Waals surface area contributed by atoms with Gasteiger partial charge in [-0.15, -0.1) is 0 Å². The fraction of sp³-hybridized carbons (Fsp3) is 0.211. The summed E-state index contributed by atoms with van der Waals surface area (Å²) >= 11 is 0. The first-order valence-electron chi connectivity index (χ1n) is 7.83. The summed E-state index contributed by atoms with van der Waals surface area (Å²) in [5, 5.41) is 10.5. The van der Waals surface area contributed by atoms with Crippen molar-refractivity contribution >= 4 is 16.9 Å². The third kappa shape index (κ3) is 3.11. The Labute approximate surface area is 147 Å². The van der Waals surface area contributed by atoms with Gasteiger partial charge in [-0.3, -0.25) is 14.4 Å². The maximum Gasteiger partial charge on any atom is 0.306 e. The summed E-state index contributed by atoms with van der Waals surface area (Å²) in [6.45, 7) is 1.53. The Balaban J connectivity index is 2.26. The van der Waals surface area contributed by atoms with Crippen LogP contribution in [-0.4, -0.2) is 18.2 Å². The predicted molar refractivity (Wildman–Crippen MR) is 92.3 cm³/mol. The number of para-hydroxylation sites is 1. The standard InChI is InChI=1S/C19H16O7/c1-10-7-14(20)18(23)19(26-10)12(8-16(21)24-2)13-9-25-15-6-4-3-5-11(15)17(13)22/h3-7,9,12,23H,8H2,1-2H3. The van der Waals surface area contributed by atoms with Crippen molar-refractivity contribution in [2.24, 2.45) is 0 Å². The Morgan fingerprint density at radius 2 is 2.00 bits per heavy atom. The first-order valence-corrected chi connectivity index (χ1v) is 7.83. The number of methoxy groups -OCH3 is 1. The molecule has 2 aromatic heterocycles. The molecule has 2 heterocycles. The van der Waals surface area contributed by atoms with Crippen LogP contribution >= 0.6 is 0 Å². The monoisotopic (exact) mass is 356 g/mol. The summed E-state index contributed by atoms with van der Waals surface area (Å²) in [5.41, 5.74) is -0.584. The number of esters is 1. The Kier molecular flexibility index (Phi) is 4.62. The molecule has 1 atom stereocenters. The Morgan fingerprint density at radius 3 is 2.73 bits per heavy atom. The van der Waals surface area contributed by atoms with E-state index in [-0.39, 0.29) is 28.9 Å². The van der Waals surface area contributed by atoms with E-state index < -0.39 is 23.1 Å². The summed E-state index contributed by atoms with van der Waals surface area (Å²) < 4.78 is 15.6. The fourth-order valence-electron chi connectivity index (χ4n) is 2.79. The van der Waals surface area contributed by atoms with Gasteiger partial charge < -0.3 is 18.7 Å². The Morgan fingerprint density at radius 1 is 1.27 bits per heavy atom. The van der Waals surface area contributed by atoms with Gasteiger partial charge in [0.15, 0.2) is 11.2 Å². The lowest BCUT2D eigenvalue weighted by molar-refractivity contribution is -0.140. The highest BCUT2D eigenvalue weighted by Gasteiger charge is 2.29. The second-order valence-corrected chi connectivity index (χ2v) is 5.78. The first-order chi connectivity index (χ1) is 12.4. The van der Waals surface area contributed by atoms with Crippen LogP contribution in [-0.2, 0) is 9.53 Å². The normalized spacial score (nSPS) is 12.1. The van der Waals surface area contributed by atoms with Crippen molar-refractivity contribution in [3.05, 3.63) is 74.1 Å². The maximum absolute atomic E-state index is 12.9. The van der Waals surface area contributed by atoms with E-state index in [1.807, 2.05) is 0 Å². The van der Waals surface area contributed by atoms with E-state index in [0.29, 0.717) is 11.0 Å². The van der Waals surface area contributed by atoms with Crippen LogP contribution in [0.2, 0.25) is 0 Å². The summed E-state index contributed by atoms with van der Waals surface area (Å²) in [4.78, 5) is 36.7. The molecule has 0 aliphatic rings. The van der Waals surface area contributed by atoms with Gasteiger partial charge in [0.2, 0.25) is 11.2 Å². The SMILES string of the molecule is COC(=O)CC(c1oc(C)cc(=O)c1O)c1coc2ccccc2c1=O. The van der Waals surface area contributed by atoms with Gasteiger partial charge in [-0.05, 0) is 19.1 Å². The molecule has 1 aromatic carbocycles. The van der Waals surface area contributed by atoms with Crippen LogP contribution in [0.3, 0.4) is 0 Å². The van der Waals surface area contributed by atoms with Gasteiger partial charge in [-0.25, -0.2) is 0 Å². The molecule has 0 amide bonds. The zero-order valence-electron chi connectivity index (χ0n) is 14.1. The minimum absolute atomic E-state index is 0.0816. The molecule has 0 saturated carbocycles. The number of carbonyl (C=O) groups excluding carboxylic acids is 1. The fourth-order valence-corrected chi connectivity index (χ4v) is 2.79. The quantitative estimate of drug-likeness (QED) is 0.716. The summed E-state index contributed by atoms with van der Waals surface area (Å²) in [6, 6.07) is 7.76. The highest BCUT2D eigenvalue weighted by atomic mass is 16.5. The molecule has 7 heteroatoms. The molecule has 0 aliphatic heterocycles. The number of rotatable bonds is 4. The molecule has 1 N–H and O–H groups in total. The van der Waals surface area contributed by atoms with Crippen molar-refractivity contribution in [3.63, 3.8) is 0 Å². The molecule has 0 saturated heterocycles. The van der Waals surface area contributed by atoms with E-state index in [4.69, 9.17) is 8.83 Å². The summed E-state index contributed by atoms with van der Waals surface area (Å²) in [6.07, 6.45) is 0.902. The minimum atomic E-state index is -1.03. The molecular weight excluding hydrogens is 340 g/mol. The van der Waals surface area contributed by atoms with E-state index in [0.717, 1.165) is 6.07 Å². The topological polar surface area (TPSA) is 107 Å². The molecule has 0 fully saturated rings. The van der Waals surface area contributed by atoms with E-state index in [2.05, 4.69) is 4.74 Å². The summed E-state index contributed by atoms with van der Waals surface area (Å²) in [5.74, 6) is -2.26. The second kappa shape index (κ2) is 6.87. The van der Waals surface area contributed by atoms with Crippen molar-refractivity contribution in [1.82, 2.24) is 0 Å². The molecule has 3 rings (SSSR count). The smallest absolute Gasteiger partial charge is 0.306 e. The molecule has 1 unspecified atom stereocenters. The molecule has 0 bridgehead atoms. The minimum Gasteiger partial charge on any atom is -0.502 e. The molecule has 26 heavy (non-hydrogen) atoms. The van der Waals surface area contributed by atoms with Crippen molar-refractivity contribution in [2.45, 2.75) is 19.3 Å². The van der Waals surface area contributed by atoms with Crippen LogP contribution in [0.15, 0.2) is 55.0 Å². The lowest BCUT2D eigenvalue weighted by Crippen LogP contribution is -2.19. The zero-order valence-corrected chi connectivity index (χ0v) is 14.1. The summed E-state index contributed by atoms with van der Waals surface area (Å²) in [7, 11) is 1.20. The van der Waals surface area contributed by atoms with Crippen LogP contribution in [0.25, 0.3) is 11.0 Å². The van der Waals surface area contributed by atoms with Gasteiger partial charge in [0.1, 0.15) is 11.3 Å². The van der Waals surface area contributed by atoms with Crippen molar-refractivity contribution in [1.29, 1.82) is 0 Å². The van der Waals surface area contributed by atoms with E-state index >= 15 is 0 Å². The largest absolute Gasteiger partial charge is 0.502 e. The van der Waals surface area contributed by atoms with Gasteiger partial charge >= 0.3 is 5.97 Å². The van der Waals surface area contributed by atoms with Gasteiger partial charge in [-0.1, -0.05) is 12.1 Å². The van der Waals surface area contributed by atoms with Crippen molar-refractivity contribution in [3.8, 4) is 5.75 Å². The molecule has 0 radical (unpaired) electrons. The second-order valence-electron chi connectivity index (χ2n) is 5.78. The number of hydrogen-bond donors (Lipinski definition) is 1. The number of aryl methyl sites for hydroxylation is 1. The number of hydrogen-bond acceptors (Lipinski definition) is 7. The highest BCUT2D eigenvalue weighted by Crippen LogP contribution is 2.32. The third-order valence-corrected chi connectivity index (χ3v) is 4.07. The van der Waals surface area contributed by atoms with Crippen LogP contribution in [0.5, 0.6) is 5.75 Å². The Bertz CT molecular complexity index is 1090. The van der Waals surface area contributed by atoms with Crippen LogP contribution < -0.4 is 10.9 Å². The number of ether oxygens (including phenoxy) is 1. The number of fused-ring (bicyclic) bond motifs is 1. The average molecular weight is 356 g/mol. The van der Waals surface area contributed by atoms with E-state index in [1.165, 1.54) is 20.3 Å². The average Bonchev–Trinajstić information content (AvgIpc) is 2.63. The third-order valence-electron chi connectivity index (χ3n) is 4.07. The highest BCUT2D eigenvalue weighted by molar-refractivity contribution is 5.77. The van der Waals surface area contributed by atoms with Crippen LogP contribution in [0, 0.1) is 6.92 Å². The molecule has 3 aromatic rings. The van der Waals surface area contributed by atoms with Crippen LogP contribution in [0.4, 0.5) is 0 Å². The number of benzene rings is 1. The van der Waals surface area contributed by atoms with Gasteiger partial charge in [0, 0.05) is 11.6 Å². The Hall–Kier alpha value is -3.35. The van der Waals surface area contributed by atoms with Gasteiger partial charge in [0.05, 0.1) is 31.1 Å². The lowest BCUT2D eigenvalue weighted by atomic mass is 9.92. The van der Waals surface area contributed by atoms with Gasteiger partial charge in [0.25, 0.3) is 0 Å². The number of aromatic hydroxyl groups is 1. The molecule has 7 nitrogen and oxygen atoms in total. The maximum atomic E-state index is 12.9. The zero-order chi connectivity index (χ0) is 18.8. The number of carbonyl (C=O) groups is 1. The van der Waals surface area contributed by atoms with E-state index in [9.17, 15) is 19.5 Å². The van der Waals surface area contributed by atoms with Crippen molar-refractivity contribution < 1.29 is 23.5 Å². The molecular formula is C19H16O7. The first kappa shape index (κ1) is 17.5.